The molecule has 1 aliphatic heterocycles. The van der Waals surface area contributed by atoms with Crippen molar-refractivity contribution in [3.8, 4) is 0 Å². The maximum Gasteiger partial charge on any atom is 0.238 e. The number of nitrogens with zero attached hydrogens (tertiary/aromatic N) is 1. The van der Waals surface area contributed by atoms with Crippen molar-refractivity contribution in [2.75, 3.05) is 43.5 Å². The molecule has 2 N–H and O–H groups in total. The number of carbonyl (C=O) groups is 2. The highest BCUT2D eigenvalue weighted by atomic mass is 16.5. The minimum Gasteiger partial charge on any atom is -0.379 e. The van der Waals surface area contributed by atoms with Crippen molar-refractivity contribution < 1.29 is 14.3 Å². The van der Waals surface area contributed by atoms with Crippen molar-refractivity contribution >= 4 is 23.2 Å². The molecule has 27 heavy (non-hydrogen) atoms. The normalized spacial score (nSPS) is 27.5. The molecule has 0 spiro atoms. The van der Waals surface area contributed by atoms with Crippen LogP contribution in [0.2, 0.25) is 0 Å². The summed E-state index contributed by atoms with van der Waals surface area (Å²) in [7, 11) is 0. The van der Waals surface area contributed by atoms with E-state index in [1.54, 1.807) is 0 Å². The number of amides is 2. The second kappa shape index (κ2) is 8.40. The molecule has 6 nitrogen and oxygen atoms in total. The van der Waals surface area contributed by atoms with Gasteiger partial charge < -0.3 is 15.4 Å². The van der Waals surface area contributed by atoms with Crippen LogP contribution in [-0.4, -0.2) is 49.6 Å². The van der Waals surface area contributed by atoms with Crippen molar-refractivity contribution in [1.82, 2.24) is 4.90 Å². The van der Waals surface area contributed by atoms with Crippen LogP contribution in [0.15, 0.2) is 24.3 Å². The third-order valence-corrected chi connectivity index (χ3v) is 6.26. The van der Waals surface area contributed by atoms with Gasteiger partial charge in [-0.3, -0.25) is 14.5 Å². The fourth-order valence-corrected chi connectivity index (χ4v) is 4.88. The van der Waals surface area contributed by atoms with Crippen LogP contribution in [0.25, 0.3) is 0 Å². The van der Waals surface area contributed by atoms with E-state index in [2.05, 4.69) is 15.5 Å². The summed E-state index contributed by atoms with van der Waals surface area (Å²) in [6, 6.07) is 7.38. The van der Waals surface area contributed by atoms with E-state index < -0.39 is 0 Å². The van der Waals surface area contributed by atoms with Gasteiger partial charge in [-0.2, -0.15) is 0 Å². The van der Waals surface area contributed by atoms with Crippen LogP contribution in [-0.2, 0) is 14.3 Å². The van der Waals surface area contributed by atoms with E-state index in [0.29, 0.717) is 32.1 Å². The summed E-state index contributed by atoms with van der Waals surface area (Å²) in [5.74, 6) is 2.29. The number of carbonyl (C=O) groups excluding carboxylic acids is 2. The highest BCUT2D eigenvalue weighted by Gasteiger charge is 2.40. The summed E-state index contributed by atoms with van der Waals surface area (Å²) < 4.78 is 5.29. The lowest BCUT2D eigenvalue weighted by Gasteiger charge is -2.25. The van der Waals surface area contributed by atoms with Gasteiger partial charge in [0, 0.05) is 30.9 Å². The Hall–Kier alpha value is -1.92. The van der Waals surface area contributed by atoms with Crippen molar-refractivity contribution in [1.29, 1.82) is 0 Å². The first-order chi connectivity index (χ1) is 13.2. The molecule has 3 aliphatic rings. The summed E-state index contributed by atoms with van der Waals surface area (Å²) in [5.41, 5.74) is 1.54. The van der Waals surface area contributed by atoms with Gasteiger partial charge in [0.15, 0.2) is 0 Å². The fraction of sp³-hybridized carbons (Fsp3) is 0.619. The van der Waals surface area contributed by atoms with Gasteiger partial charge in [0.05, 0.1) is 19.8 Å². The second-order valence-electron chi connectivity index (χ2n) is 8.20. The van der Waals surface area contributed by atoms with Crippen molar-refractivity contribution in [3.05, 3.63) is 24.3 Å². The molecule has 2 amide bonds. The maximum atomic E-state index is 12.3. The van der Waals surface area contributed by atoms with Crippen LogP contribution < -0.4 is 10.6 Å². The van der Waals surface area contributed by atoms with E-state index in [-0.39, 0.29) is 11.8 Å². The quantitative estimate of drug-likeness (QED) is 0.807. The Morgan fingerprint density at radius 2 is 1.63 bits per heavy atom. The van der Waals surface area contributed by atoms with Crippen LogP contribution in [0.4, 0.5) is 11.4 Å². The Balaban J connectivity index is 1.22. The number of hydrogen-bond donors (Lipinski definition) is 2. The maximum absolute atomic E-state index is 12.3. The molecule has 3 unspecified atom stereocenters. The molecule has 1 heterocycles. The monoisotopic (exact) mass is 371 g/mol. The largest absolute Gasteiger partial charge is 0.379 e. The van der Waals surface area contributed by atoms with Crippen molar-refractivity contribution in [2.24, 2.45) is 17.8 Å². The molecular weight excluding hydrogens is 342 g/mol. The summed E-state index contributed by atoms with van der Waals surface area (Å²) in [4.78, 5) is 26.6. The molecular formula is C21H29N3O3. The SMILES string of the molecule is O=C(CC1CC2CCC1C2)Nc1ccc(NC(=O)CN2CCOCC2)cc1. The van der Waals surface area contributed by atoms with Crippen LogP contribution in [0.3, 0.4) is 0 Å². The first-order valence-electron chi connectivity index (χ1n) is 10.2. The number of nitrogens with one attached hydrogen (secondary N) is 2. The minimum absolute atomic E-state index is 0.0232. The Kier molecular flexibility index (Phi) is 5.74. The molecule has 0 radical (unpaired) electrons. The lowest BCUT2D eigenvalue weighted by molar-refractivity contribution is -0.118. The van der Waals surface area contributed by atoms with E-state index in [1.165, 1.54) is 25.7 Å². The van der Waals surface area contributed by atoms with E-state index >= 15 is 0 Å². The number of ether oxygens (including phenoxy) is 1. The molecule has 1 aromatic rings. The van der Waals surface area contributed by atoms with Crippen LogP contribution in [0, 0.1) is 17.8 Å². The van der Waals surface area contributed by atoms with Gasteiger partial charge in [-0.05, 0) is 61.3 Å². The average Bonchev–Trinajstić information content (AvgIpc) is 3.27. The summed E-state index contributed by atoms with van der Waals surface area (Å²) in [5, 5.41) is 5.91. The van der Waals surface area contributed by atoms with Gasteiger partial charge in [-0.1, -0.05) is 6.42 Å². The summed E-state index contributed by atoms with van der Waals surface area (Å²) in [6.07, 6.45) is 5.87. The molecule has 3 atom stereocenters. The van der Waals surface area contributed by atoms with Crippen LogP contribution in [0.5, 0.6) is 0 Å². The number of fused-ring (bicyclic) bond motifs is 2. The topological polar surface area (TPSA) is 70.7 Å². The molecule has 146 valence electrons. The first kappa shape index (κ1) is 18.4. The van der Waals surface area contributed by atoms with E-state index in [9.17, 15) is 9.59 Å². The van der Waals surface area contributed by atoms with Crippen molar-refractivity contribution in [3.63, 3.8) is 0 Å². The Morgan fingerprint density at radius 1 is 0.963 bits per heavy atom. The number of morpholine rings is 1. The number of anilines is 2. The Labute approximate surface area is 160 Å². The molecule has 4 rings (SSSR count). The molecule has 2 aliphatic carbocycles. The predicted octanol–water partition coefficient (Wildman–Crippen LogP) is 2.72. The van der Waals surface area contributed by atoms with Gasteiger partial charge in [0.1, 0.15) is 0 Å². The van der Waals surface area contributed by atoms with Gasteiger partial charge in [-0.25, -0.2) is 0 Å². The third-order valence-electron chi connectivity index (χ3n) is 6.26. The zero-order valence-electron chi connectivity index (χ0n) is 15.8. The number of rotatable bonds is 6. The number of hydrogen-bond acceptors (Lipinski definition) is 4. The highest BCUT2D eigenvalue weighted by molar-refractivity contribution is 5.93. The molecule has 1 aromatic carbocycles. The highest BCUT2D eigenvalue weighted by Crippen LogP contribution is 2.49. The Morgan fingerprint density at radius 3 is 2.22 bits per heavy atom. The fourth-order valence-electron chi connectivity index (χ4n) is 4.88. The van der Waals surface area contributed by atoms with Crippen LogP contribution >= 0.6 is 0 Å². The van der Waals surface area contributed by atoms with Gasteiger partial charge in [0.2, 0.25) is 11.8 Å². The van der Waals surface area contributed by atoms with Crippen LogP contribution in [0.1, 0.15) is 32.1 Å². The zero-order chi connectivity index (χ0) is 18.6. The van der Waals surface area contributed by atoms with E-state index in [1.807, 2.05) is 24.3 Å². The molecule has 3 fully saturated rings. The van der Waals surface area contributed by atoms with Crippen molar-refractivity contribution in [2.45, 2.75) is 32.1 Å². The number of benzene rings is 1. The summed E-state index contributed by atoms with van der Waals surface area (Å²) >= 11 is 0. The molecule has 0 aromatic heterocycles. The lowest BCUT2D eigenvalue weighted by atomic mass is 9.86. The molecule has 2 bridgehead atoms. The molecule has 2 saturated carbocycles. The molecule has 6 heteroatoms. The minimum atomic E-state index is -0.0232. The van der Waals surface area contributed by atoms with Gasteiger partial charge >= 0.3 is 0 Å². The molecule has 1 saturated heterocycles. The zero-order valence-corrected chi connectivity index (χ0v) is 15.8. The summed E-state index contributed by atoms with van der Waals surface area (Å²) in [6.45, 7) is 3.33. The van der Waals surface area contributed by atoms with E-state index in [0.717, 1.165) is 36.3 Å². The first-order valence-corrected chi connectivity index (χ1v) is 10.2. The average molecular weight is 371 g/mol. The van der Waals surface area contributed by atoms with E-state index in [4.69, 9.17) is 4.74 Å². The smallest absolute Gasteiger partial charge is 0.238 e. The predicted molar refractivity (Wildman–Crippen MR) is 105 cm³/mol. The second-order valence-corrected chi connectivity index (χ2v) is 8.20. The van der Waals surface area contributed by atoms with Gasteiger partial charge in [0.25, 0.3) is 0 Å². The Bertz CT molecular complexity index is 670. The third kappa shape index (κ3) is 4.87. The standard InChI is InChI=1S/C21H29N3O3/c25-20(13-17-12-15-1-2-16(17)11-15)22-18-3-5-19(6-4-18)23-21(26)14-24-7-9-27-10-8-24/h3-6,15-17H,1-2,7-14H2,(H,22,25)(H,23,26). The van der Waals surface area contributed by atoms with Gasteiger partial charge in [-0.15, -0.1) is 0 Å². The lowest BCUT2D eigenvalue weighted by Crippen LogP contribution is -2.41.